The predicted octanol–water partition coefficient (Wildman–Crippen LogP) is 3.80. The summed E-state index contributed by atoms with van der Waals surface area (Å²) in [7, 11) is 0. The fraction of sp³-hybridized carbons (Fsp3) is 0.133. The third-order valence-corrected chi connectivity index (χ3v) is 3.31. The number of benzene rings is 2. The number of carbonyl (C=O) groups is 1. The standard InChI is InChI=1S/C15H10F3NO2/c16-10-6-5-9(7-12(10)18)14-8-21-15(20)19(14)13-4-2-1-3-11(13)17/h1-7,14H,8H2. The van der Waals surface area contributed by atoms with E-state index in [-0.39, 0.29) is 12.3 Å². The Hall–Kier alpha value is -2.50. The second-order valence-electron chi connectivity index (χ2n) is 4.59. The molecule has 2 aromatic rings. The average molecular weight is 293 g/mol. The fourth-order valence-electron chi connectivity index (χ4n) is 2.30. The third-order valence-electron chi connectivity index (χ3n) is 3.31. The SMILES string of the molecule is O=C1OCC(c2ccc(F)c(F)c2)N1c1ccccc1F. The number of amides is 1. The zero-order chi connectivity index (χ0) is 15.0. The molecule has 0 aliphatic carbocycles. The maximum atomic E-state index is 13.9. The topological polar surface area (TPSA) is 29.5 Å². The normalized spacial score (nSPS) is 18.0. The molecule has 1 unspecified atom stereocenters. The summed E-state index contributed by atoms with van der Waals surface area (Å²) in [6, 6.07) is 8.29. The zero-order valence-corrected chi connectivity index (χ0v) is 10.7. The summed E-state index contributed by atoms with van der Waals surface area (Å²) in [5.74, 6) is -2.61. The van der Waals surface area contributed by atoms with Crippen LogP contribution in [0.5, 0.6) is 0 Å². The minimum absolute atomic E-state index is 0.0368. The van der Waals surface area contributed by atoms with Gasteiger partial charge in [-0.1, -0.05) is 18.2 Å². The first kappa shape index (κ1) is 13.5. The maximum absolute atomic E-state index is 13.9. The molecule has 0 saturated carbocycles. The molecule has 1 saturated heterocycles. The Morgan fingerprint density at radius 3 is 2.48 bits per heavy atom. The van der Waals surface area contributed by atoms with Crippen LogP contribution in [0.15, 0.2) is 42.5 Å². The van der Waals surface area contributed by atoms with Crippen molar-refractivity contribution in [2.24, 2.45) is 0 Å². The highest BCUT2D eigenvalue weighted by Crippen LogP contribution is 2.34. The highest BCUT2D eigenvalue weighted by atomic mass is 19.2. The van der Waals surface area contributed by atoms with Crippen molar-refractivity contribution in [1.82, 2.24) is 0 Å². The lowest BCUT2D eigenvalue weighted by Gasteiger charge is -2.22. The summed E-state index contributed by atoms with van der Waals surface area (Å²) in [6.45, 7) is -0.0573. The van der Waals surface area contributed by atoms with Gasteiger partial charge in [-0.05, 0) is 29.8 Å². The highest BCUT2D eigenvalue weighted by molar-refractivity contribution is 5.90. The van der Waals surface area contributed by atoms with Crippen molar-refractivity contribution in [3.8, 4) is 0 Å². The van der Waals surface area contributed by atoms with Crippen LogP contribution in [-0.2, 0) is 4.74 Å². The van der Waals surface area contributed by atoms with E-state index in [0.29, 0.717) is 5.56 Å². The van der Waals surface area contributed by atoms with Gasteiger partial charge in [0.2, 0.25) is 0 Å². The van der Waals surface area contributed by atoms with E-state index in [9.17, 15) is 18.0 Å². The van der Waals surface area contributed by atoms with Crippen LogP contribution < -0.4 is 4.90 Å². The molecular weight excluding hydrogens is 283 g/mol. The van der Waals surface area contributed by atoms with Crippen LogP contribution in [-0.4, -0.2) is 12.7 Å². The van der Waals surface area contributed by atoms with Crippen molar-refractivity contribution in [2.45, 2.75) is 6.04 Å². The van der Waals surface area contributed by atoms with E-state index >= 15 is 0 Å². The summed E-state index contributed by atoms with van der Waals surface area (Å²) >= 11 is 0. The minimum atomic E-state index is -1.03. The Kier molecular flexibility index (Phi) is 3.29. The lowest BCUT2D eigenvalue weighted by atomic mass is 10.1. The van der Waals surface area contributed by atoms with Crippen molar-refractivity contribution in [2.75, 3.05) is 11.5 Å². The third kappa shape index (κ3) is 2.33. The Morgan fingerprint density at radius 2 is 1.76 bits per heavy atom. The molecule has 108 valence electrons. The molecule has 6 heteroatoms. The monoisotopic (exact) mass is 293 g/mol. The number of nitrogens with zero attached hydrogens (tertiary/aromatic N) is 1. The number of hydrogen-bond donors (Lipinski definition) is 0. The van der Waals surface area contributed by atoms with E-state index in [0.717, 1.165) is 17.0 Å². The van der Waals surface area contributed by atoms with Crippen LogP contribution in [0.2, 0.25) is 0 Å². The summed E-state index contributed by atoms with van der Waals surface area (Å²) in [4.78, 5) is 12.9. The predicted molar refractivity (Wildman–Crippen MR) is 69.3 cm³/mol. The number of para-hydroxylation sites is 1. The van der Waals surface area contributed by atoms with Gasteiger partial charge in [0.25, 0.3) is 0 Å². The lowest BCUT2D eigenvalue weighted by molar-refractivity contribution is 0.179. The number of hydrogen-bond acceptors (Lipinski definition) is 2. The van der Waals surface area contributed by atoms with E-state index in [2.05, 4.69) is 0 Å². The first-order valence-corrected chi connectivity index (χ1v) is 6.23. The van der Waals surface area contributed by atoms with Crippen LogP contribution in [0.1, 0.15) is 11.6 Å². The molecule has 1 atom stereocenters. The quantitative estimate of drug-likeness (QED) is 0.843. The summed E-state index contributed by atoms with van der Waals surface area (Å²) in [6.07, 6.45) is -0.727. The van der Waals surface area contributed by atoms with Crippen molar-refractivity contribution in [3.05, 3.63) is 65.5 Å². The molecule has 1 amide bonds. The molecule has 3 nitrogen and oxygen atoms in total. The largest absolute Gasteiger partial charge is 0.447 e. The molecule has 0 bridgehead atoms. The van der Waals surface area contributed by atoms with Crippen molar-refractivity contribution in [1.29, 1.82) is 0 Å². The number of ether oxygens (including phenoxy) is 1. The number of cyclic esters (lactones) is 1. The maximum Gasteiger partial charge on any atom is 0.415 e. The first-order valence-electron chi connectivity index (χ1n) is 6.23. The molecule has 1 heterocycles. The number of halogens is 3. The van der Waals surface area contributed by atoms with Crippen molar-refractivity contribution >= 4 is 11.8 Å². The molecule has 1 aliphatic heterocycles. The van der Waals surface area contributed by atoms with Gasteiger partial charge < -0.3 is 4.74 Å². The molecule has 0 aromatic heterocycles. The molecule has 2 aromatic carbocycles. The molecule has 3 rings (SSSR count). The van der Waals surface area contributed by atoms with Crippen LogP contribution in [0, 0.1) is 17.5 Å². The molecule has 21 heavy (non-hydrogen) atoms. The Morgan fingerprint density at radius 1 is 1.00 bits per heavy atom. The molecule has 1 fully saturated rings. The Labute approximate surface area is 118 Å². The van der Waals surface area contributed by atoms with Gasteiger partial charge in [0.15, 0.2) is 11.6 Å². The molecule has 1 aliphatic rings. The minimum Gasteiger partial charge on any atom is -0.447 e. The van der Waals surface area contributed by atoms with E-state index in [1.54, 1.807) is 6.07 Å². The van der Waals surface area contributed by atoms with Crippen LogP contribution in [0.25, 0.3) is 0 Å². The summed E-state index contributed by atoms with van der Waals surface area (Å²) in [5.41, 5.74) is 0.373. The van der Waals surface area contributed by atoms with Gasteiger partial charge >= 0.3 is 6.09 Å². The van der Waals surface area contributed by atoms with E-state index in [4.69, 9.17) is 4.74 Å². The van der Waals surface area contributed by atoms with Crippen molar-refractivity contribution in [3.63, 3.8) is 0 Å². The second kappa shape index (κ2) is 5.12. The van der Waals surface area contributed by atoms with Gasteiger partial charge in [0, 0.05) is 0 Å². The molecule has 0 spiro atoms. The first-order chi connectivity index (χ1) is 10.1. The molecule has 0 N–H and O–H groups in total. The van der Waals surface area contributed by atoms with Gasteiger partial charge in [-0.15, -0.1) is 0 Å². The van der Waals surface area contributed by atoms with Gasteiger partial charge in [0.05, 0.1) is 11.7 Å². The van der Waals surface area contributed by atoms with Crippen LogP contribution in [0.4, 0.5) is 23.7 Å². The van der Waals surface area contributed by atoms with Gasteiger partial charge in [0.1, 0.15) is 12.4 Å². The summed E-state index contributed by atoms with van der Waals surface area (Å²) < 4.78 is 45.1. The van der Waals surface area contributed by atoms with Crippen LogP contribution in [0.3, 0.4) is 0 Å². The molecular formula is C15H10F3NO2. The molecule has 0 radical (unpaired) electrons. The van der Waals surface area contributed by atoms with Gasteiger partial charge in [-0.25, -0.2) is 18.0 Å². The van der Waals surface area contributed by atoms with Gasteiger partial charge in [-0.2, -0.15) is 0 Å². The Balaban J connectivity index is 2.03. The summed E-state index contributed by atoms with van der Waals surface area (Å²) in [5, 5.41) is 0. The van der Waals surface area contributed by atoms with Crippen molar-refractivity contribution < 1.29 is 22.7 Å². The second-order valence-corrected chi connectivity index (χ2v) is 4.59. The lowest BCUT2D eigenvalue weighted by Crippen LogP contribution is -2.28. The fourth-order valence-corrected chi connectivity index (χ4v) is 2.30. The average Bonchev–Trinajstić information content (AvgIpc) is 2.84. The number of rotatable bonds is 2. The highest BCUT2D eigenvalue weighted by Gasteiger charge is 2.37. The smallest absolute Gasteiger partial charge is 0.415 e. The number of anilines is 1. The van der Waals surface area contributed by atoms with E-state index in [1.807, 2.05) is 0 Å². The number of carbonyl (C=O) groups excluding carboxylic acids is 1. The van der Waals surface area contributed by atoms with Gasteiger partial charge in [-0.3, -0.25) is 4.90 Å². The van der Waals surface area contributed by atoms with E-state index < -0.39 is 29.6 Å². The van der Waals surface area contributed by atoms with Crippen LogP contribution >= 0.6 is 0 Å². The van der Waals surface area contributed by atoms with E-state index in [1.165, 1.54) is 24.3 Å². The Bertz CT molecular complexity index is 705. The zero-order valence-electron chi connectivity index (χ0n) is 10.7.